The second-order valence-corrected chi connectivity index (χ2v) is 3.82. The van der Waals surface area contributed by atoms with Gasteiger partial charge in [-0.1, -0.05) is 6.92 Å². The molecule has 1 fully saturated rings. The van der Waals surface area contributed by atoms with Crippen LogP contribution in [0.1, 0.15) is 19.8 Å². The predicted octanol–water partition coefficient (Wildman–Crippen LogP) is -0.250. The van der Waals surface area contributed by atoms with Crippen molar-refractivity contribution in [1.82, 2.24) is 0 Å². The molecule has 3 heteroatoms. The second kappa shape index (κ2) is 2.73. The quantitative estimate of drug-likeness (QED) is 0.533. The zero-order chi connectivity index (χ0) is 8.54. The molecule has 1 atom stereocenters. The maximum absolute atomic E-state index is 9.03. The molecule has 0 aliphatic heterocycles. The third kappa shape index (κ3) is 0.991. The highest BCUT2D eigenvalue weighted by Gasteiger charge is 2.54. The van der Waals surface area contributed by atoms with E-state index in [1.165, 1.54) is 0 Å². The summed E-state index contributed by atoms with van der Waals surface area (Å²) in [5, 5.41) is 27.1. The highest BCUT2D eigenvalue weighted by Crippen LogP contribution is 2.55. The Labute approximate surface area is 66.7 Å². The van der Waals surface area contributed by atoms with E-state index in [9.17, 15) is 0 Å². The standard InChI is InChI=1S/C8H16O3/c1-7(4-9)2-3-8(7,5-10)6-11/h9-11H,2-6H2,1H3. The molecular weight excluding hydrogens is 144 g/mol. The molecule has 1 aliphatic rings. The maximum Gasteiger partial charge on any atom is 0.0515 e. The normalized spacial score (nSPS) is 34.9. The molecular formula is C8H16O3. The minimum atomic E-state index is -0.429. The summed E-state index contributed by atoms with van der Waals surface area (Å²) in [6, 6.07) is 0. The van der Waals surface area contributed by atoms with Gasteiger partial charge in [0.1, 0.15) is 0 Å². The Morgan fingerprint density at radius 2 is 1.55 bits per heavy atom. The molecule has 0 heterocycles. The van der Waals surface area contributed by atoms with Gasteiger partial charge in [-0.25, -0.2) is 0 Å². The van der Waals surface area contributed by atoms with Crippen molar-refractivity contribution in [2.45, 2.75) is 19.8 Å². The first-order valence-corrected chi connectivity index (χ1v) is 3.97. The van der Waals surface area contributed by atoms with Gasteiger partial charge in [-0.05, 0) is 12.8 Å². The lowest BCUT2D eigenvalue weighted by molar-refractivity contribution is -0.154. The first kappa shape index (κ1) is 8.97. The fourth-order valence-electron chi connectivity index (χ4n) is 1.74. The zero-order valence-electron chi connectivity index (χ0n) is 6.88. The molecule has 0 saturated heterocycles. The largest absolute Gasteiger partial charge is 0.396 e. The molecule has 11 heavy (non-hydrogen) atoms. The van der Waals surface area contributed by atoms with Crippen LogP contribution in [0.15, 0.2) is 0 Å². The van der Waals surface area contributed by atoms with Crippen molar-refractivity contribution in [3.8, 4) is 0 Å². The summed E-state index contributed by atoms with van der Waals surface area (Å²) in [6.07, 6.45) is 1.71. The lowest BCUT2D eigenvalue weighted by atomic mass is 9.51. The Bertz CT molecular complexity index is 133. The predicted molar refractivity (Wildman–Crippen MR) is 41.0 cm³/mol. The molecule has 1 aliphatic carbocycles. The van der Waals surface area contributed by atoms with Gasteiger partial charge in [0.05, 0.1) is 13.2 Å². The molecule has 1 unspecified atom stereocenters. The van der Waals surface area contributed by atoms with E-state index < -0.39 is 5.41 Å². The van der Waals surface area contributed by atoms with Crippen LogP contribution in [-0.4, -0.2) is 35.1 Å². The average Bonchev–Trinajstić information content (AvgIpc) is 2.04. The van der Waals surface area contributed by atoms with Crippen LogP contribution in [0.2, 0.25) is 0 Å². The monoisotopic (exact) mass is 160 g/mol. The third-order valence-electron chi connectivity index (χ3n) is 3.39. The minimum Gasteiger partial charge on any atom is -0.396 e. The van der Waals surface area contributed by atoms with Crippen LogP contribution in [0, 0.1) is 10.8 Å². The summed E-state index contributed by atoms with van der Waals surface area (Å²) in [7, 11) is 0. The van der Waals surface area contributed by atoms with Crippen molar-refractivity contribution in [2.75, 3.05) is 19.8 Å². The van der Waals surface area contributed by atoms with E-state index in [1.807, 2.05) is 6.92 Å². The summed E-state index contributed by atoms with van der Waals surface area (Å²) in [4.78, 5) is 0. The summed E-state index contributed by atoms with van der Waals surface area (Å²) >= 11 is 0. The van der Waals surface area contributed by atoms with E-state index in [0.29, 0.717) is 0 Å². The van der Waals surface area contributed by atoms with Gasteiger partial charge in [0, 0.05) is 17.4 Å². The van der Waals surface area contributed by atoms with E-state index in [0.717, 1.165) is 12.8 Å². The topological polar surface area (TPSA) is 60.7 Å². The van der Waals surface area contributed by atoms with E-state index in [1.54, 1.807) is 0 Å². The summed E-state index contributed by atoms with van der Waals surface area (Å²) in [6.45, 7) is 1.90. The molecule has 0 bridgehead atoms. The number of aliphatic hydroxyl groups is 3. The Balaban J connectivity index is 2.70. The molecule has 1 rings (SSSR count). The Kier molecular flexibility index (Phi) is 2.23. The maximum atomic E-state index is 9.03. The van der Waals surface area contributed by atoms with Crippen molar-refractivity contribution in [2.24, 2.45) is 10.8 Å². The number of aliphatic hydroxyl groups excluding tert-OH is 3. The first-order chi connectivity index (χ1) is 5.14. The van der Waals surface area contributed by atoms with E-state index in [4.69, 9.17) is 15.3 Å². The lowest BCUT2D eigenvalue weighted by Gasteiger charge is -2.55. The van der Waals surface area contributed by atoms with Crippen molar-refractivity contribution >= 4 is 0 Å². The minimum absolute atomic E-state index is 0.0272. The summed E-state index contributed by atoms with van der Waals surface area (Å²) in [5.41, 5.74) is -0.696. The first-order valence-electron chi connectivity index (χ1n) is 3.97. The Morgan fingerprint density at radius 3 is 1.64 bits per heavy atom. The number of rotatable bonds is 3. The fourth-order valence-corrected chi connectivity index (χ4v) is 1.74. The van der Waals surface area contributed by atoms with E-state index >= 15 is 0 Å². The van der Waals surface area contributed by atoms with Crippen molar-refractivity contribution in [3.05, 3.63) is 0 Å². The van der Waals surface area contributed by atoms with Crippen LogP contribution in [0.5, 0.6) is 0 Å². The molecule has 3 nitrogen and oxygen atoms in total. The average molecular weight is 160 g/mol. The van der Waals surface area contributed by atoms with Crippen molar-refractivity contribution in [3.63, 3.8) is 0 Å². The molecule has 0 aromatic carbocycles. The second-order valence-electron chi connectivity index (χ2n) is 3.82. The molecule has 0 radical (unpaired) electrons. The third-order valence-corrected chi connectivity index (χ3v) is 3.39. The SMILES string of the molecule is CC1(CO)CCC1(CO)CO. The van der Waals surface area contributed by atoms with Crippen molar-refractivity contribution in [1.29, 1.82) is 0 Å². The van der Waals surface area contributed by atoms with E-state index in [-0.39, 0.29) is 25.2 Å². The molecule has 3 N–H and O–H groups in total. The van der Waals surface area contributed by atoms with Gasteiger partial charge in [0.2, 0.25) is 0 Å². The highest BCUT2D eigenvalue weighted by molar-refractivity contribution is 5.03. The fraction of sp³-hybridized carbons (Fsp3) is 1.00. The van der Waals surface area contributed by atoms with Crippen LogP contribution in [-0.2, 0) is 0 Å². The van der Waals surface area contributed by atoms with Gasteiger partial charge < -0.3 is 15.3 Å². The Morgan fingerprint density at radius 1 is 1.00 bits per heavy atom. The van der Waals surface area contributed by atoms with Gasteiger partial charge in [-0.2, -0.15) is 0 Å². The lowest BCUT2D eigenvalue weighted by Crippen LogP contribution is -2.56. The smallest absolute Gasteiger partial charge is 0.0515 e. The molecule has 0 aromatic rings. The van der Waals surface area contributed by atoms with Gasteiger partial charge in [0.15, 0.2) is 0 Å². The van der Waals surface area contributed by atoms with Crippen LogP contribution in [0.25, 0.3) is 0 Å². The summed E-state index contributed by atoms with van der Waals surface area (Å²) < 4.78 is 0. The molecule has 0 amide bonds. The van der Waals surface area contributed by atoms with Crippen LogP contribution >= 0.6 is 0 Å². The molecule has 0 aromatic heterocycles. The molecule has 1 saturated carbocycles. The van der Waals surface area contributed by atoms with Crippen LogP contribution < -0.4 is 0 Å². The number of hydrogen-bond acceptors (Lipinski definition) is 3. The zero-order valence-corrected chi connectivity index (χ0v) is 6.88. The van der Waals surface area contributed by atoms with Crippen molar-refractivity contribution < 1.29 is 15.3 Å². The summed E-state index contributed by atoms with van der Waals surface area (Å²) in [5.74, 6) is 0. The molecule has 0 spiro atoms. The van der Waals surface area contributed by atoms with Gasteiger partial charge in [-0.3, -0.25) is 0 Å². The number of hydrogen-bond donors (Lipinski definition) is 3. The molecule has 66 valence electrons. The highest BCUT2D eigenvalue weighted by atomic mass is 16.3. The van der Waals surface area contributed by atoms with Gasteiger partial charge in [-0.15, -0.1) is 0 Å². The van der Waals surface area contributed by atoms with Gasteiger partial charge in [0.25, 0.3) is 0 Å². The van der Waals surface area contributed by atoms with Crippen LogP contribution in [0.3, 0.4) is 0 Å². The van der Waals surface area contributed by atoms with Gasteiger partial charge >= 0.3 is 0 Å². The Hall–Kier alpha value is -0.120. The van der Waals surface area contributed by atoms with E-state index in [2.05, 4.69) is 0 Å². The van der Waals surface area contributed by atoms with Crippen LogP contribution in [0.4, 0.5) is 0 Å².